The van der Waals surface area contributed by atoms with Gasteiger partial charge in [-0.3, -0.25) is 10.1 Å². The van der Waals surface area contributed by atoms with Crippen LogP contribution < -0.4 is 19.1 Å². The van der Waals surface area contributed by atoms with Crippen LogP contribution in [0.1, 0.15) is 23.6 Å². The number of hydrogen-bond acceptors (Lipinski definition) is 5. The minimum atomic E-state index is -0.367. The van der Waals surface area contributed by atoms with Crippen molar-refractivity contribution in [2.75, 3.05) is 19.9 Å². The van der Waals surface area contributed by atoms with E-state index < -0.39 is 0 Å². The maximum Gasteiger partial charge on any atom is 0.269 e. The van der Waals surface area contributed by atoms with Crippen LogP contribution in [-0.2, 0) is 19.5 Å². The van der Waals surface area contributed by atoms with Crippen molar-refractivity contribution in [3.8, 4) is 17.2 Å². The molecule has 0 saturated carbocycles. The van der Waals surface area contributed by atoms with Crippen LogP contribution in [0.5, 0.6) is 17.2 Å². The van der Waals surface area contributed by atoms with E-state index in [2.05, 4.69) is 18.2 Å². The van der Waals surface area contributed by atoms with Crippen molar-refractivity contribution in [2.45, 2.75) is 26.4 Å². The molecule has 1 atom stereocenters. The number of hydrogen-bond donors (Lipinski definition) is 1. The Labute approximate surface area is 187 Å². The first-order valence-corrected chi connectivity index (χ1v) is 10.8. The number of benzene rings is 3. The number of nitrogens with one attached hydrogen (secondary N) is 1. The van der Waals surface area contributed by atoms with E-state index in [1.165, 1.54) is 16.0 Å². The number of quaternary nitrogens is 1. The smallest absolute Gasteiger partial charge is 0.269 e. The van der Waals surface area contributed by atoms with E-state index in [4.69, 9.17) is 14.2 Å². The first kappa shape index (κ1) is 21.6. The second-order valence-electron chi connectivity index (χ2n) is 7.79. The van der Waals surface area contributed by atoms with Crippen molar-refractivity contribution in [2.24, 2.45) is 0 Å². The van der Waals surface area contributed by atoms with E-state index >= 15 is 0 Å². The number of nitro benzene ring substituents is 1. The highest BCUT2D eigenvalue weighted by Gasteiger charge is 2.16. The Kier molecular flexibility index (Phi) is 6.87. The quantitative estimate of drug-likeness (QED) is 0.389. The Hall–Kier alpha value is -3.58. The molecule has 3 aromatic rings. The summed E-state index contributed by atoms with van der Waals surface area (Å²) in [6, 6.07) is 21.1. The lowest BCUT2D eigenvalue weighted by Crippen LogP contribution is -3.09. The summed E-state index contributed by atoms with van der Waals surface area (Å²) in [7, 11) is 0. The summed E-state index contributed by atoms with van der Waals surface area (Å²) >= 11 is 0. The van der Waals surface area contributed by atoms with Crippen molar-refractivity contribution >= 4 is 5.69 Å². The number of rotatable bonds is 10. The molecule has 0 radical (unpaired) electrons. The molecule has 1 aliphatic rings. The van der Waals surface area contributed by atoms with Gasteiger partial charge in [-0.1, -0.05) is 6.07 Å². The van der Waals surface area contributed by atoms with Crippen LogP contribution in [0.3, 0.4) is 0 Å². The molecule has 0 amide bonds. The fourth-order valence-corrected chi connectivity index (χ4v) is 3.84. The molecule has 166 valence electrons. The van der Waals surface area contributed by atoms with E-state index in [0.717, 1.165) is 48.9 Å². The Morgan fingerprint density at radius 1 is 0.906 bits per heavy atom. The summed E-state index contributed by atoms with van der Waals surface area (Å²) in [5, 5.41) is 11.0. The number of nitro groups is 1. The topological polar surface area (TPSA) is 75.3 Å². The second-order valence-corrected chi connectivity index (χ2v) is 7.79. The molecular formula is C25H27N2O5+. The minimum Gasteiger partial charge on any atom is -0.494 e. The average Bonchev–Trinajstić information content (AvgIpc) is 3.27. The summed E-state index contributed by atoms with van der Waals surface area (Å²) in [5.41, 5.74) is 3.60. The standard InChI is InChI=1S/C25H26N2O5/c1-2-30-23-10-5-21(6-11-23)17-26(16-20-3-8-22(9-4-20)27(28)29)14-13-19-7-12-24-25(15-19)32-18-31-24/h3-12,15H,2,13-14,16-18H2,1H3/p+1. The van der Waals surface area contributed by atoms with Gasteiger partial charge in [-0.25, -0.2) is 0 Å². The van der Waals surface area contributed by atoms with Crippen LogP contribution in [-0.4, -0.2) is 24.9 Å². The zero-order valence-corrected chi connectivity index (χ0v) is 18.1. The lowest BCUT2D eigenvalue weighted by atomic mass is 10.1. The van der Waals surface area contributed by atoms with Crippen LogP contribution in [0.25, 0.3) is 0 Å². The summed E-state index contributed by atoms with van der Waals surface area (Å²) < 4.78 is 16.5. The molecule has 4 rings (SSSR count). The van der Waals surface area contributed by atoms with Crippen LogP contribution in [0.15, 0.2) is 66.7 Å². The molecule has 3 aromatic carbocycles. The molecule has 1 unspecified atom stereocenters. The number of ether oxygens (including phenoxy) is 3. The summed E-state index contributed by atoms with van der Waals surface area (Å²) in [4.78, 5) is 12.0. The highest BCUT2D eigenvalue weighted by atomic mass is 16.7. The molecule has 0 aromatic heterocycles. The van der Waals surface area contributed by atoms with Crippen molar-refractivity contribution < 1.29 is 24.0 Å². The molecule has 0 saturated heterocycles. The summed E-state index contributed by atoms with van der Waals surface area (Å²) in [6.45, 7) is 5.41. The molecule has 1 heterocycles. The Morgan fingerprint density at radius 3 is 2.19 bits per heavy atom. The van der Waals surface area contributed by atoms with Crippen LogP contribution in [0, 0.1) is 10.1 Å². The van der Waals surface area contributed by atoms with Gasteiger partial charge in [0, 0.05) is 29.7 Å². The van der Waals surface area contributed by atoms with Crippen LogP contribution >= 0.6 is 0 Å². The van der Waals surface area contributed by atoms with E-state index in [1.54, 1.807) is 12.1 Å². The van der Waals surface area contributed by atoms with E-state index in [9.17, 15) is 10.1 Å². The number of non-ortho nitro benzene ring substituents is 1. The van der Waals surface area contributed by atoms with Crippen molar-refractivity contribution in [3.63, 3.8) is 0 Å². The first-order valence-electron chi connectivity index (χ1n) is 10.8. The fraction of sp³-hybridized carbons (Fsp3) is 0.280. The van der Waals surface area contributed by atoms with Gasteiger partial charge in [0.2, 0.25) is 6.79 Å². The molecule has 0 aliphatic carbocycles. The van der Waals surface area contributed by atoms with Crippen molar-refractivity contribution in [3.05, 3.63) is 93.5 Å². The van der Waals surface area contributed by atoms with Crippen LogP contribution in [0.2, 0.25) is 0 Å². The molecule has 0 bridgehead atoms. The molecule has 0 fully saturated rings. The van der Waals surface area contributed by atoms with Gasteiger partial charge in [0.05, 0.1) is 18.1 Å². The summed E-state index contributed by atoms with van der Waals surface area (Å²) in [6.07, 6.45) is 0.885. The third-order valence-electron chi connectivity index (χ3n) is 5.49. The van der Waals surface area contributed by atoms with Gasteiger partial charge < -0.3 is 19.1 Å². The monoisotopic (exact) mass is 435 g/mol. The maximum atomic E-state index is 11.0. The second kappa shape index (κ2) is 10.2. The molecule has 7 nitrogen and oxygen atoms in total. The van der Waals surface area contributed by atoms with E-state index in [-0.39, 0.29) is 17.4 Å². The molecule has 32 heavy (non-hydrogen) atoms. The third-order valence-corrected chi connectivity index (χ3v) is 5.49. The Morgan fingerprint density at radius 2 is 1.53 bits per heavy atom. The van der Waals surface area contributed by atoms with Gasteiger partial charge in [-0.05, 0) is 61.0 Å². The highest BCUT2D eigenvalue weighted by molar-refractivity contribution is 5.44. The summed E-state index contributed by atoms with van der Waals surface area (Å²) in [5.74, 6) is 2.46. The lowest BCUT2D eigenvalue weighted by molar-refractivity contribution is -0.927. The zero-order chi connectivity index (χ0) is 22.3. The van der Waals surface area contributed by atoms with E-state index in [1.807, 2.05) is 43.3 Å². The predicted octanol–water partition coefficient (Wildman–Crippen LogP) is 3.55. The van der Waals surface area contributed by atoms with Gasteiger partial charge in [0.1, 0.15) is 18.8 Å². The Balaban J connectivity index is 1.46. The first-order chi connectivity index (χ1) is 15.6. The zero-order valence-electron chi connectivity index (χ0n) is 18.1. The van der Waals surface area contributed by atoms with Crippen LogP contribution in [0.4, 0.5) is 5.69 Å². The largest absolute Gasteiger partial charge is 0.494 e. The van der Waals surface area contributed by atoms with Gasteiger partial charge in [0.15, 0.2) is 11.5 Å². The average molecular weight is 436 g/mol. The molecule has 0 spiro atoms. The van der Waals surface area contributed by atoms with Gasteiger partial charge in [0.25, 0.3) is 5.69 Å². The minimum absolute atomic E-state index is 0.113. The fourth-order valence-electron chi connectivity index (χ4n) is 3.84. The van der Waals surface area contributed by atoms with E-state index in [0.29, 0.717) is 6.61 Å². The predicted molar refractivity (Wildman–Crippen MR) is 120 cm³/mol. The lowest BCUT2D eigenvalue weighted by Gasteiger charge is -2.20. The highest BCUT2D eigenvalue weighted by Crippen LogP contribution is 2.32. The van der Waals surface area contributed by atoms with Crippen molar-refractivity contribution in [1.82, 2.24) is 0 Å². The normalized spacial score (nSPS) is 13.0. The van der Waals surface area contributed by atoms with Gasteiger partial charge in [-0.15, -0.1) is 0 Å². The van der Waals surface area contributed by atoms with Gasteiger partial charge >= 0.3 is 0 Å². The third kappa shape index (κ3) is 5.56. The SMILES string of the molecule is CCOc1ccc(C[NH+](CCc2ccc3c(c2)OCO3)Cc2ccc([N+](=O)[O-])cc2)cc1. The Bertz CT molecular complexity index is 1050. The molecular weight excluding hydrogens is 408 g/mol. The molecule has 1 aliphatic heterocycles. The molecule has 7 heteroatoms. The van der Waals surface area contributed by atoms with Gasteiger partial charge in [-0.2, -0.15) is 0 Å². The maximum absolute atomic E-state index is 11.0. The molecule has 1 N–H and O–H groups in total. The number of nitrogens with zero attached hydrogens (tertiary/aromatic N) is 1. The number of fused-ring (bicyclic) bond motifs is 1. The van der Waals surface area contributed by atoms with Crippen molar-refractivity contribution in [1.29, 1.82) is 0 Å².